The van der Waals surface area contributed by atoms with E-state index in [1.54, 1.807) is 0 Å². The van der Waals surface area contributed by atoms with E-state index in [4.69, 9.17) is 5.11 Å². The van der Waals surface area contributed by atoms with E-state index in [2.05, 4.69) is 5.32 Å². The molecule has 0 aromatic rings. The van der Waals surface area contributed by atoms with Crippen molar-refractivity contribution in [2.75, 3.05) is 6.54 Å². The van der Waals surface area contributed by atoms with E-state index in [0.717, 1.165) is 0 Å². The molecule has 12 heavy (non-hydrogen) atoms. The molecule has 0 spiro atoms. The predicted molar refractivity (Wildman–Crippen MR) is 49.1 cm³/mol. The smallest absolute Gasteiger partial charge is 0.320 e. The number of hydrogen-bond donors (Lipinski definition) is 2. The Morgan fingerprint density at radius 1 is 1.42 bits per heavy atom. The maximum atomic E-state index is 10.8. The molecule has 2 N–H and O–H groups in total. The number of rotatable bonds is 5. The van der Waals surface area contributed by atoms with Gasteiger partial charge in [0.2, 0.25) is 0 Å². The molecule has 0 saturated carbocycles. The fourth-order valence-electron chi connectivity index (χ4n) is 1.10. The van der Waals surface area contributed by atoms with Crippen LogP contribution in [0.25, 0.3) is 0 Å². The van der Waals surface area contributed by atoms with Crippen molar-refractivity contribution >= 4 is 5.97 Å². The summed E-state index contributed by atoms with van der Waals surface area (Å²) in [5.41, 5.74) is 0. The lowest BCUT2D eigenvalue weighted by Crippen LogP contribution is -2.43. The lowest BCUT2D eigenvalue weighted by Gasteiger charge is -2.23. The molecule has 0 rings (SSSR count). The van der Waals surface area contributed by atoms with Crippen molar-refractivity contribution in [3.63, 3.8) is 0 Å². The van der Waals surface area contributed by atoms with Crippen LogP contribution in [-0.2, 0) is 4.79 Å². The van der Waals surface area contributed by atoms with Gasteiger partial charge in [-0.3, -0.25) is 4.79 Å². The average Bonchev–Trinajstić information content (AvgIpc) is 1.98. The third-order valence-electron chi connectivity index (χ3n) is 2.27. The largest absolute Gasteiger partial charge is 0.480 e. The van der Waals surface area contributed by atoms with Crippen LogP contribution in [0.2, 0.25) is 0 Å². The fraction of sp³-hybridized carbons (Fsp3) is 0.889. The number of likely N-dealkylation sites (N-methyl/N-ethyl adjacent to an activating group) is 1. The van der Waals surface area contributed by atoms with Crippen molar-refractivity contribution in [2.45, 2.75) is 33.7 Å². The van der Waals surface area contributed by atoms with Crippen molar-refractivity contribution in [3.05, 3.63) is 0 Å². The predicted octanol–water partition coefficient (Wildman–Crippen LogP) is 1.34. The average molecular weight is 173 g/mol. The monoisotopic (exact) mass is 173 g/mol. The Morgan fingerprint density at radius 2 is 1.92 bits per heavy atom. The highest BCUT2D eigenvalue weighted by Crippen LogP contribution is 2.14. The molecule has 0 aliphatic rings. The van der Waals surface area contributed by atoms with E-state index in [9.17, 15) is 4.79 Å². The van der Waals surface area contributed by atoms with Gasteiger partial charge in [-0.15, -0.1) is 0 Å². The molecule has 0 heterocycles. The minimum Gasteiger partial charge on any atom is -0.480 e. The summed E-state index contributed by atoms with van der Waals surface area (Å²) in [5.74, 6) is -0.189. The quantitative estimate of drug-likeness (QED) is 0.659. The van der Waals surface area contributed by atoms with Crippen LogP contribution in [0.5, 0.6) is 0 Å². The van der Waals surface area contributed by atoms with Crippen LogP contribution in [0.15, 0.2) is 0 Å². The maximum Gasteiger partial charge on any atom is 0.320 e. The van der Waals surface area contributed by atoms with Crippen molar-refractivity contribution < 1.29 is 9.90 Å². The van der Waals surface area contributed by atoms with Crippen LogP contribution in [0.3, 0.4) is 0 Å². The number of carbonyl (C=O) groups is 1. The van der Waals surface area contributed by atoms with E-state index in [0.29, 0.717) is 12.5 Å². The third-order valence-corrected chi connectivity index (χ3v) is 2.27. The Bertz CT molecular complexity index is 145. The lowest BCUT2D eigenvalue weighted by molar-refractivity contribution is -0.141. The summed E-state index contributed by atoms with van der Waals surface area (Å²) in [7, 11) is 0. The van der Waals surface area contributed by atoms with Crippen molar-refractivity contribution in [3.8, 4) is 0 Å². The Morgan fingerprint density at radius 3 is 2.17 bits per heavy atom. The molecule has 0 aliphatic carbocycles. The van der Waals surface area contributed by atoms with Gasteiger partial charge in [0.1, 0.15) is 6.04 Å². The van der Waals surface area contributed by atoms with E-state index >= 15 is 0 Å². The molecule has 0 saturated heterocycles. The van der Waals surface area contributed by atoms with E-state index < -0.39 is 12.0 Å². The van der Waals surface area contributed by atoms with Crippen LogP contribution in [0, 0.1) is 11.8 Å². The van der Waals surface area contributed by atoms with Gasteiger partial charge in [0, 0.05) is 0 Å². The van der Waals surface area contributed by atoms with E-state index in [1.165, 1.54) is 0 Å². The summed E-state index contributed by atoms with van der Waals surface area (Å²) in [6.45, 7) is 8.67. The molecule has 3 heteroatoms. The molecule has 2 atom stereocenters. The standard InChI is InChI=1S/C9H19NO2/c1-5-10-8(9(11)12)7(4)6(2)3/h6-8,10H,5H2,1-4H3,(H,11,12). The maximum absolute atomic E-state index is 10.8. The second-order valence-corrected chi connectivity index (χ2v) is 3.48. The SMILES string of the molecule is CCNC(C(=O)O)C(C)C(C)C. The van der Waals surface area contributed by atoms with Crippen LogP contribution in [0.1, 0.15) is 27.7 Å². The van der Waals surface area contributed by atoms with Gasteiger partial charge in [-0.2, -0.15) is 0 Å². The highest BCUT2D eigenvalue weighted by Gasteiger charge is 2.25. The van der Waals surface area contributed by atoms with Gasteiger partial charge in [-0.25, -0.2) is 0 Å². The Balaban J connectivity index is 4.18. The molecule has 0 radical (unpaired) electrons. The third kappa shape index (κ3) is 3.22. The van der Waals surface area contributed by atoms with Gasteiger partial charge in [-0.1, -0.05) is 27.7 Å². The lowest BCUT2D eigenvalue weighted by atomic mass is 9.90. The highest BCUT2D eigenvalue weighted by atomic mass is 16.4. The number of nitrogens with one attached hydrogen (secondary N) is 1. The first-order chi connectivity index (χ1) is 5.50. The van der Waals surface area contributed by atoms with Crippen LogP contribution >= 0.6 is 0 Å². The molecule has 0 bridgehead atoms. The van der Waals surface area contributed by atoms with Crippen molar-refractivity contribution in [2.24, 2.45) is 11.8 Å². The number of carboxylic acids is 1. The molecule has 0 aromatic carbocycles. The molecular formula is C9H19NO2. The molecule has 3 nitrogen and oxygen atoms in total. The first-order valence-electron chi connectivity index (χ1n) is 4.46. The molecular weight excluding hydrogens is 154 g/mol. The van der Waals surface area contributed by atoms with Crippen LogP contribution in [0.4, 0.5) is 0 Å². The van der Waals surface area contributed by atoms with E-state index in [-0.39, 0.29) is 5.92 Å². The van der Waals surface area contributed by atoms with Crippen LogP contribution in [-0.4, -0.2) is 23.7 Å². The zero-order valence-corrected chi connectivity index (χ0v) is 8.29. The molecule has 0 fully saturated rings. The second-order valence-electron chi connectivity index (χ2n) is 3.48. The Labute approximate surface area is 74.2 Å². The topological polar surface area (TPSA) is 49.3 Å². The minimum absolute atomic E-state index is 0.169. The summed E-state index contributed by atoms with van der Waals surface area (Å²) in [4.78, 5) is 10.8. The zero-order valence-electron chi connectivity index (χ0n) is 8.29. The van der Waals surface area contributed by atoms with Crippen molar-refractivity contribution in [1.29, 1.82) is 0 Å². The Hall–Kier alpha value is -0.570. The minimum atomic E-state index is -0.752. The number of hydrogen-bond acceptors (Lipinski definition) is 2. The van der Waals surface area contributed by atoms with E-state index in [1.807, 2.05) is 27.7 Å². The van der Waals surface area contributed by atoms with Gasteiger partial charge < -0.3 is 10.4 Å². The number of carboxylic acid groups (broad SMARTS) is 1. The summed E-state index contributed by atoms with van der Waals surface area (Å²) in [6, 6.07) is -0.407. The van der Waals surface area contributed by atoms with Crippen LogP contribution < -0.4 is 5.32 Å². The normalized spacial score (nSPS) is 16.1. The first-order valence-corrected chi connectivity index (χ1v) is 4.46. The van der Waals surface area contributed by atoms with Gasteiger partial charge in [-0.05, 0) is 18.4 Å². The molecule has 0 aliphatic heterocycles. The molecule has 2 unspecified atom stereocenters. The fourth-order valence-corrected chi connectivity index (χ4v) is 1.10. The van der Waals surface area contributed by atoms with Crippen molar-refractivity contribution in [1.82, 2.24) is 5.32 Å². The van der Waals surface area contributed by atoms with Gasteiger partial charge in [0.25, 0.3) is 0 Å². The second kappa shape index (κ2) is 5.14. The zero-order chi connectivity index (χ0) is 9.72. The highest BCUT2D eigenvalue weighted by molar-refractivity contribution is 5.73. The summed E-state index contributed by atoms with van der Waals surface area (Å²) < 4.78 is 0. The molecule has 0 amide bonds. The summed E-state index contributed by atoms with van der Waals surface area (Å²) in [6.07, 6.45) is 0. The molecule has 72 valence electrons. The Kier molecular flexibility index (Phi) is 4.90. The number of aliphatic carboxylic acids is 1. The first kappa shape index (κ1) is 11.4. The summed E-state index contributed by atoms with van der Waals surface area (Å²) >= 11 is 0. The van der Waals surface area contributed by atoms with Gasteiger partial charge in [0.15, 0.2) is 0 Å². The molecule has 0 aromatic heterocycles. The van der Waals surface area contributed by atoms with Gasteiger partial charge >= 0.3 is 5.97 Å². The summed E-state index contributed by atoms with van der Waals surface area (Å²) in [5, 5.41) is 11.8. The van der Waals surface area contributed by atoms with Gasteiger partial charge in [0.05, 0.1) is 0 Å².